The van der Waals surface area contributed by atoms with Gasteiger partial charge in [0.2, 0.25) is 0 Å². The number of rotatable bonds is 9. The molecule has 2 rings (SSSR count). The molecule has 2 aliphatic carbocycles. The molecule has 0 aromatic rings. The predicted molar refractivity (Wildman–Crippen MR) is 130 cm³/mol. The van der Waals surface area contributed by atoms with E-state index in [-0.39, 0.29) is 0 Å². The number of allylic oxidation sites excluding steroid dienone is 4. The Kier molecular flexibility index (Phi) is 7.77. The standard InChI is InChI=1S/C20H38N3PSeSi2/c1-9-21(10-2)24(25,22(26(3,4)5)19-15-11-12-16-19)23(27(6,7)8)20-17-13-14-18-20/h11-20H,9-10H2,1-8H3. The van der Waals surface area contributed by atoms with E-state index in [1.54, 1.807) is 0 Å². The summed E-state index contributed by atoms with van der Waals surface area (Å²) >= 11 is 3.88. The van der Waals surface area contributed by atoms with E-state index in [1.165, 1.54) is 0 Å². The van der Waals surface area contributed by atoms with Crippen LogP contribution in [0.2, 0.25) is 39.3 Å². The first-order valence-electron chi connectivity index (χ1n) is 10.1. The summed E-state index contributed by atoms with van der Waals surface area (Å²) in [5.41, 5.74) is 0. The van der Waals surface area contributed by atoms with E-state index in [0.29, 0.717) is 12.1 Å². The Hall–Kier alpha value is 0.223. The van der Waals surface area contributed by atoms with E-state index in [2.05, 4.69) is 130 Å². The normalized spacial score (nSPS) is 18.9. The van der Waals surface area contributed by atoms with Gasteiger partial charge in [-0.25, -0.2) is 0 Å². The number of hydrogen-bond acceptors (Lipinski definition) is 3. The van der Waals surface area contributed by atoms with Crippen LogP contribution in [0.15, 0.2) is 48.6 Å². The van der Waals surface area contributed by atoms with Gasteiger partial charge in [0.1, 0.15) is 0 Å². The van der Waals surface area contributed by atoms with Gasteiger partial charge in [0.05, 0.1) is 0 Å². The van der Waals surface area contributed by atoms with Gasteiger partial charge in [-0.2, -0.15) is 0 Å². The van der Waals surface area contributed by atoms with Crippen molar-refractivity contribution in [3.63, 3.8) is 0 Å². The number of nitrogens with zero attached hydrogens (tertiary/aromatic N) is 3. The van der Waals surface area contributed by atoms with Crippen LogP contribution in [-0.4, -0.2) is 70.1 Å². The Morgan fingerprint density at radius 1 is 0.704 bits per heavy atom. The van der Waals surface area contributed by atoms with Crippen LogP contribution in [0.3, 0.4) is 0 Å². The van der Waals surface area contributed by atoms with E-state index >= 15 is 0 Å². The minimum atomic E-state index is -1.85. The maximum atomic E-state index is 3.88. The van der Waals surface area contributed by atoms with E-state index in [1.807, 2.05) is 0 Å². The van der Waals surface area contributed by atoms with Gasteiger partial charge < -0.3 is 0 Å². The Balaban J connectivity index is 2.74. The Morgan fingerprint density at radius 2 is 1.00 bits per heavy atom. The summed E-state index contributed by atoms with van der Waals surface area (Å²) in [6.07, 6.45) is 18.4. The van der Waals surface area contributed by atoms with Crippen molar-refractivity contribution in [2.75, 3.05) is 13.1 Å². The van der Waals surface area contributed by atoms with Crippen LogP contribution in [0, 0.1) is 0 Å². The van der Waals surface area contributed by atoms with Crippen LogP contribution >= 0.6 is 5.96 Å². The van der Waals surface area contributed by atoms with E-state index in [9.17, 15) is 0 Å². The molecule has 0 heterocycles. The minimum absolute atomic E-state index is 0.389. The summed E-state index contributed by atoms with van der Waals surface area (Å²) in [6, 6.07) is 0.778. The Morgan fingerprint density at radius 3 is 1.22 bits per heavy atom. The average Bonchev–Trinajstić information content (AvgIpc) is 3.19. The maximum absolute atomic E-state index is 3.88. The molecule has 3 nitrogen and oxygen atoms in total. The van der Waals surface area contributed by atoms with Crippen LogP contribution in [0.5, 0.6) is 0 Å². The molecule has 0 bridgehead atoms. The summed E-state index contributed by atoms with van der Waals surface area (Å²) in [7, 11) is -3.27. The van der Waals surface area contributed by atoms with E-state index < -0.39 is 22.4 Å². The second-order valence-electron chi connectivity index (χ2n) is 9.20. The van der Waals surface area contributed by atoms with Crippen molar-refractivity contribution in [2.45, 2.75) is 65.2 Å². The second kappa shape index (κ2) is 8.93. The molecule has 0 amide bonds. The quantitative estimate of drug-likeness (QED) is 0.318. The van der Waals surface area contributed by atoms with Crippen molar-refractivity contribution >= 4 is 37.5 Å². The molecule has 0 aromatic heterocycles. The zero-order valence-corrected chi connectivity index (χ0v) is 23.0. The molecule has 0 fully saturated rings. The zero-order chi connectivity index (χ0) is 20.5. The molecule has 0 saturated carbocycles. The first kappa shape index (κ1) is 23.5. The summed E-state index contributed by atoms with van der Waals surface area (Å²) < 4.78 is 8.58. The monoisotopic (exact) mass is 487 g/mol. The van der Waals surface area contributed by atoms with Gasteiger partial charge in [0, 0.05) is 0 Å². The topological polar surface area (TPSA) is 9.72 Å². The van der Waals surface area contributed by atoms with Crippen molar-refractivity contribution in [2.24, 2.45) is 0 Å². The van der Waals surface area contributed by atoms with Crippen LogP contribution in [-0.2, 0) is 0 Å². The Labute approximate surface area is 177 Å². The molecule has 0 radical (unpaired) electrons. The fourth-order valence-electron chi connectivity index (χ4n) is 4.16. The van der Waals surface area contributed by atoms with E-state index in [0.717, 1.165) is 13.1 Å². The van der Waals surface area contributed by atoms with Crippen LogP contribution in [0.25, 0.3) is 0 Å². The summed E-state index contributed by atoms with van der Waals surface area (Å²) in [5.74, 6) is -1.85. The summed E-state index contributed by atoms with van der Waals surface area (Å²) in [4.78, 5) is 0. The van der Waals surface area contributed by atoms with Crippen molar-refractivity contribution in [3.8, 4) is 0 Å². The third-order valence-electron chi connectivity index (χ3n) is 5.05. The summed E-state index contributed by atoms with van der Waals surface area (Å²) in [5, 5.41) is 0. The van der Waals surface area contributed by atoms with Gasteiger partial charge >= 0.3 is 178 Å². The fraction of sp³-hybridized carbons (Fsp3) is 0.600. The van der Waals surface area contributed by atoms with Gasteiger partial charge in [-0.3, -0.25) is 0 Å². The molecule has 7 heteroatoms. The van der Waals surface area contributed by atoms with Crippen LogP contribution < -0.4 is 0 Å². The van der Waals surface area contributed by atoms with Gasteiger partial charge in [0.25, 0.3) is 0 Å². The van der Waals surface area contributed by atoms with E-state index in [4.69, 9.17) is 0 Å². The molecular formula is C20H38N3PSeSi2. The molecule has 0 saturated heterocycles. The molecule has 27 heavy (non-hydrogen) atoms. The third-order valence-corrected chi connectivity index (χ3v) is 22.2. The molecule has 0 aliphatic heterocycles. The third kappa shape index (κ3) is 4.87. The molecule has 152 valence electrons. The first-order chi connectivity index (χ1) is 12.5. The SMILES string of the molecule is CCN(CC)P(=[Se])(N(C1C=CC=C1)[Si](C)(C)C)N(C1C=CC=C1)[Si](C)(C)C. The van der Waals surface area contributed by atoms with Crippen LogP contribution in [0.4, 0.5) is 0 Å². The second-order valence-corrected chi connectivity index (χ2v) is 25.1. The molecule has 0 N–H and O–H groups in total. The van der Waals surface area contributed by atoms with Crippen molar-refractivity contribution < 1.29 is 0 Å². The predicted octanol–water partition coefficient (Wildman–Crippen LogP) is 5.44. The zero-order valence-electron chi connectivity index (χ0n) is 18.4. The fourth-order valence-corrected chi connectivity index (χ4v) is 28.7. The molecular weight excluding hydrogens is 448 g/mol. The van der Waals surface area contributed by atoms with Gasteiger partial charge in [0.15, 0.2) is 0 Å². The van der Waals surface area contributed by atoms with Gasteiger partial charge in [-0.15, -0.1) is 0 Å². The van der Waals surface area contributed by atoms with Crippen LogP contribution in [0.1, 0.15) is 13.8 Å². The van der Waals surface area contributed by atoms with Crippen molar-refractivity contribution in [1.82, 2.24) is 13.3 Å². The average molecular weight is 487 g/mol. The number of hydrogen-bond donors (Lipinski definition) is 0. The van der Waals surface area contributed by atoms with Gasteiger partial charge in [-0.05, 0) is 0 Å². The van der Waals surface area contributed by atoms with Gasteiger partial charge in [-0.1, -0.05) is 0 Å². The van der Waals surface area contributed by atoms with Crippen molar-refractivity contribution in [1.29, 1.82) is 0 Å². The summed E-state index contributed by atoms with van der Waals surface area (Å²) in [6.45, 7) is 21.8. The molecule has 0 atom stereocenters. The molecule has 2 aliphatic rings. The van der Waals surface area contributed by atoms with Crippen molar-refractivity contribution in [3.05, 3.63) is 48.6 Å². The first-order valence-corrected chi connectivity index (χ1v) is 20.9. The molecule has 0 spiro atoms. The molecule has 0 aromatic carbocycles. The Bertz CT molecular complexity index is 610. The molecule has 0 unspecified atom stereocenters.